The third kappa shape index (κ3) is 40.6. The van der Waals surface area contributed by atoms with Crippen LogP contribution in [0.25, 0.3) is 0 Å². The molecule has 4 atom stereocenters. The fourth-order valence-corrected chi connectivity index (χ4v) is 7.70. The van der Waals surface area contributed by atoms with Crippen LogP contribution in [0.4, 0.5) is 0 Å². The third-order valence-corrected chi connectivity index (χ3v) is 11.6. The van der Waals surface area contributed by atoms with Crippen molar-refractivity contribution in [3.05, 3.63) is 71.8 Å². The maximum Gasteiger partial charge on any atom is 2.00 e. The predicted octanol–water partition coefficient (Wildman–Crippen LogP) is 11.1. The van der Waals surface area contributed by atoms with Gasteiger partial charge >= 0.3 is 60.8 Å². The zero-order chi connectivity index (χ0) is 46.9. The van der Waals surface area contributed by atoms with E-state index in [2.05, 4.69) is 62.4 Å². The summed E-state index contributed by atoms with van der Waals surface area (Å²) < 4.78 is 21.3. The standard InChI is InChI=1S/2C27H44O5.Ba/c2*1-23(31-22-25-19-15-13-16-20-25)18-14-11-9-7-5-3-4-6-8-10-12-17-21-26(27(29)30)32-24(2)28;/h2*13,15-16,19-20,23,26H,3-12,14,17-18,21-22H2,1-2H3,(H,29,30);/q;;+2/p-2. The Bertz CT molecular complexity index is 1320. The van der Waals surface area contributed by atoms with Gasteiger partial charge in [-0.1, -0.05) is 202 Å². The minimum absolute atomic E-state index is 0. The number of hydrogen-bond donors (Lipinski definition) is 0. The van der Waals surface area contributed by atoms with Crippen molar-refractivity contribution in [1.82, 2.24) is 0 Å². The molecule has 0 heterocycles. The second-order valence-electron chi connectivity index (χ2n) is 17.7. The molecule has 11 heteroatoms. The van der Waals surface area contributed by atoms with Crippen molar-refractivity contribution in [1.29, 1.82) is 0 Å². The molecule has 0 aliphatic rings. The summed E-state index contributed by atoms with van der Waals surface area (Å²) in [4.78, 5) is 43.5. The minimum Gasteiger partial charge on any atom is -0.546 e. The van der Waals surface area contributed by atoms with Crippen LogP contribution in [0, 0.1) is 0 Å². The third-order valence-electron chi connectivity index (χ3n) is 11.6. The van der Waals surface area contributed by atoms with Gasteiger partial charge in [0.05, 0.1) is 37.4 Å². The van der Waals surface area contributed by atoms with E-state index in [0.717, 1.165) is 51.4 Å². The predicted molar refractivity (Wildman–Crippen MR) is 258 cm³/mol. The fourth-order valence-electron chi connectivity index (χ4n) is 7.70. The number of unbranched alkanes of at least 4 members (excludes halogenated alkanes) is 22. The number of carboxylic acids is 2. The molecule has 0 saturated heterocycles. The van der Waals surface area contributed by atoms with E-state index in [4.69, 9.17) is 18.9 Å². The number of benzene rings is 2. The van der Waals surface area contributed by atoms with Gasteiger partial charge in [-0.2, -0.15) is 0 Å². The molecule has 0 bridgehead atoms. The molecule has 0 spiro atoms. The molecule has 0 aliphatic carbocycles. The maximum atomic E-state index is 10.9. The smallest absolute Gasteiger partial charge is 0.546 e. The van der Waals surface area contributed by atoms with E-state index in [1.807, 2.05) is 12.1 Å². The van der Waals surface area contributed by atoms with Gasteiger partial charge in [-0.05, 0) is 63.5 Å². The summed E-state index contributed by atoms with van der Waals surface area (Å²) in [5.74, 6) is -3.74. The van der Waals surface area contributed by atoms with Gasteiger partial charge in [0.15, 0.2) is 0 Å². The van der Waals surface area contributed by atoms with E-state index in [-0.39, 0.29) is 48.9 Å². The maximum absolute atomic E-state index is 10.9. The fraction of sp³-hybridized carbons (Fsp3) is 0.704. The van der Waals surface area contributed by atoms with E-state index in [1.165, 1.54) is 141 Å². The van der Waals surface area contributed by atoms with E-state index in [1.54, 1.807) is 0 Å². The van der Waals surface area contributed by atoms with Crippen molar-refractivity contribution < 1.29 is 48.3 Å². The normalized spacial score (nSPS) is 12.7. The van der Waals surface area contributed by atoms with Gasteiger partial charge < -0.3 is 38.7 Å². The largest absolute Gasteiger partial charge is 2.00 e. The van der Waals surface area contributed by atoms with E-state index < -0.39 is 36.1 Å². The summed E-state index contributed by atoms with van der Waals surface area (Å²) in [7, 11) is 0. The monoisotopic (exact) mass is 1030 g/mol. The number of carbonyl (C=O) groups excluding carboxylic acids is 4. The minimum atomic E-state index is -1.30. The summed E-state index contributed by atoms with van der Waals surface area (Å²) in [6, 6.07) is 20.7. The summed E-state index contributed by atoms with van der Waals surface area (Å²) >= 11 is 0. The molecule has 0 amide bonds. The number of esters is 2. The Kier molecular flexibility index (Phi) is 42.8. The van der Waals surface area contributed by atoms with Gasteiger partial charge in [-0.3, -0.25) is 9.59 Å². The number of rotatable bonds is 40. The van der Waals surface area contributed by atoms with Gasteiger partial charge in [-0.25, -0.2) is 0 Å². The molecule has 0 aromatic heterocycles. The van der Waals surface area contributed by atoms with E-state index in [0.29, 0.717) is 38.3 Å². The molecule has 0 N–H and O–H groups in total. The second kappa shape index (κ2) is 44.3. The van der Waals surface area contributed by atoms with E-state index >= 15 is 0 Å². The van der Waals surface area contributed by atoms with Gasteiger partial charge in [0.25, 0.3) is 0 Å². The molecule has 65 heavy (non-hydrogen) atoms. The Morgan fingerprint density at radius 3 is 0.862 bits per heavy atom. The average molecular weight is 1030 g/mol. The topological polar surface area (TPSA) is 151 Å². The Morgan fingerprint density at radius 2 is 0.631 bits per heavy atom. The van der Waals surface area contributed by atoms with Crippen LogP contribution >= 0.6 is 0 Å². The summed E-state index contributed by atoms with van der Waals surface area (Å²) in [5, 5.41) is 21.8. The van der Waals surface area contributed by atoms with Gasteiger partial charge in [0, 0.05) is 13.8 Å². The molecule has 2 aromatic rings. The summed E-state index contributed by atoms with van der Waals surface area (Å²) in [5.41, 5.74) is 2.48. The van der Waals surface area contributed by atoms with Gasteiger partial charge in [0.1, 0.15) is 12.2 Å². The Hall–Kier alpha value is -2.19. The molecule has 2 aromatic carbocycles. The van der Waals surface area contributed by atoms with Gasteiger partial charge in [-0.15, -0.1) is 0 Å². The first-order valence-corrected chi connectivity index (χ1v) is 25.0. The molecule has 0 aliphatic heterocycles. The van der Waals surface area contributed by atoms with Crippen molar-refractivity contribution in [2.24, 2.45) is 0 Å². The zero-order valence-corrected chi connectivity index (χ0v) is 45.5. The van der Waals surface area contributed by atoms with Crippen LogP contribution in [0.15, 0.2) is 60.7 Å². The first kappa shape index (κ1) is 62.8. The van der Waals surface area contributed by atoms with Crippen LogP contribution < -0.4 is 10.2 Å². The molecule has 10 nitrogen and oxygen atoms in total. The molecular weight excluding hydrogens is 946 g/mol. The van der Waals surface area contributed by atoms with Crippen LogP contribution in [-0.4, -0.2) is 97.2 Å². The van der Waals surface area contributed by atoms with Crippen LogP contribution in [0.3, 0.4) is 0 Å². The molecular formula is C54H86BaO10. The number of hydrogen-bond acceptors (Lipinski definition) is 10. The van der Waals surface area contributed by atoms with Crippen LogP contribution in [0.1, 0.15) is 219 Å². The second-order valence-corrected chi connectivity index (χ2v) is 17.7. The number of ether oxygens (including phenoxy) is 4. The number of carboxylic acid groups (broad SMARTS) is 2. The van der Waals surface area contributed by atoms with Crippen molar-refractivity contribution >= 4 is 72.8 Å². The Balaban J connectivity index is 0.00000124. The molecule has 0 fully saturated rings. The van der Waals surface area contributed by atoms with E-state index in [9.17, 15) is 29.4 Å². The zero-order valence-electron chi connectivity index (χ0n) is 41.1. The Labute approximate surface area is 434 Å². The van der Waals surface area contributed by atoms with Crippen molar-refractivity contribution in [3.63, 3.8) is 0 Å². The molecule has 2 rings (SSSR count). The van der Waals surface area contributed by atoms with Crippen LogP contribution in [0.5, 0.6) is 0 Å². The van der Waals surface area contributed by atoms with Crippen molar-refractivity contribution in [2.75, 3.05) is 0 Å². The average Bonchev–Trinajstić information content (AvgIpc) is 3.27. The van der Waals surface area contributed by atoms with Crippen molar-refractivity contribution in [2.45, 2.75) is 245 Å². The summed E-state index contributed by atoms with van der Waals surface area (Å²) in [6.07, 6.45) is 30.0. The quantitative estimate of drug-likeness (QED) is 0.0358. The van der Waals surface area contributed by atoms with Crippen LogP contribution in [-0.2, 0) is 51.3 Å². The molecule has 0 saturated carbocycles. The Morgan fingerprint density at radius 1 is 0.400 bits per heavy atom. The molecule has 0 radical (unpaired) electrons. The SMILES string of the molecule is CC(=O)OC(CCCCCCCCCCCCCCC(C)OCc1ccccc1)C(=O)[O-].CC(=O)OC(CCCCCCCCCCCCCCC(C)OCc1ccccc1)C(=O)[O-].[Ba+2]. The van der Waals surface area contributed by atoms with Crippen LogP contribution in [0.2, 0.25) is 0 Å². The number of carbonyl (C=O) groups is 4. The van der Waals surface area contributed by atoms with Gasteiger partial charge in [0.2, 0.25) is 0 Å². The first-order valence-electron chi connectivity index (χ1n) is 25.0. The summed E-state index contributed by atoms with van der Waals surface area (Å²) in [6.45, 7) is 8.20. The first-order chi connectivity index (χ1) is 31.0. The van der Waals surface area contributed by atoms with Crippen molar-refractivity contribution in [3.8, 4) is 0 Å². The molecule has 4 unspecified atom stereocenters. The number of aliphatic carboxylic acids is 2. The molecule has 364 valence electrons.